The minimum absolute atomic E-state index is 0.236. The maximum Gasteiger partial charge on any atom is 0.343 e. The molecule has 0 aromatic heterocycles. The Morgan fingerprint density at radius 1 is 0.879 bits per heavy atom. The third-order valence-electron chi connectivity index (χ3n) is 4.14. The first kappa shape index (κ1) is 24.3. The summed E-state index contributed by atoms with van der Waals surface area (Å²) in [5.41, 5.74) is 3.50. The monoisotopic (exact) mass is 503 g/mol. The predicted molar refractivity (Wildman–Crippen MR) is 127 cm³/mol. The van der Waals surface area contributed by atoms with E-state index in [4.69, 9.17) is 39.5 Å². The number of carbonyl (C=O) groups is 3. The Balaban J connectivity index is 1.50. The first-order valence-electron chi connectivity index (χ1n) is 9.45. The van der Waals surface area contributed by atoms with Crippen molar-refractivity contribution in [3.05, 3.63) is 98.5 Å². The van der Waals surface area contributed by atoms with Crippen LogP contribution < -0.4 is 15.5 Å². The molecule has 0 unspecified atom stereocenters. The van der Waals surface area contributed by atoms with Crippen LogP contribution in [-0.2, 0) is 4.79 Å². The number of carbonyl (C=O) groups excluding carboxylic acids is 3. The molecule has 3 aromatic rings. The summed E-state index contributed by atoms with van der Waals surface area (Å²) < 4.78 is 5.33. The zero-order chi connectivity index (χ0) is 23.8. The van der Waals surface area contributed by atoms with E-state index in [-0.39, 0.29) is 17.1 Å². The summed E-state index contributed by atoms with van der Waals surface area (Å²) >= 11 is 17.5. The molecule has 0 spiro atoms. The summed E-state index contributed by atoms with van der Waals surface area (Å²) in [6, 6.07) is 17.3. The van der Waals surface area contributed by atoms with Gasteiger partial charge in [-0.15, -0.1) is 0 Å². The Hall–Kier alpha value is -3.39. The quantitative estimate of drug-likeness (QED) is 0.210. The highest BCUT2D eigenvalue weighted by Gasteiger charge is 2.10. The Kier molecular flexibility index (Phi) is 8.43. The first-order valence-corrected chi connectivity index (χ1v) is 10.6. The minimum Gasteiger partial charge on any atom is -0.423 e. The lowest BCUT2D eigenvalue weighted by Gasteiger charge is -2.06. The van der Waals surface area contributed by atoms with E-state index >= 15 is 0 Å². The number of ether oxygens (including phenoxy) is 1. The molecule has 0 fully saturated rings. The van der Waals surface area contributed by atoms with E-state index in [1.165, 1.54) is 24.4 Å². The molecule has 0 atom stereocenters. The fourth-order valence-corrected chi connectivity index (χ4v) is 2.95. The molecule has 0 saturated carbocycles. The standard InChI is InChI=1S/C23H16Cl3N3O4/c24-17-7-4-15(5-8-17)23(32)33-18-3-1-2-14(10-18)12-28-29-21(30)13-27-22(31)16-6-9-19(25)20(26)11-16/h1-12H,13H2,(H,27,31)(H,29,30)/b28-12-. The van der Waals surface area contributed by atoms with Crippen molar-refractivity contribution in [2.45, 2.75) is 0 Å². The lowest BCUT2D eigenvalue weighted by atomic mass is 10.2. The second-order valence-electron chi connectivity index (χ2n) is 6.57. The number of hydrogen-bond acceptors (Lipinski definition) is 5. The summed E-state index contributed by atoms with van der Waals surface area (Å²) in [4.78, 5) is 36.2. The maximum absolute atomic E-state index is 12.2. The summed E-state index contributed by atoms with van der Waals surface area (Å²) in [5, 5.41) is 7.36. The van der Waals surface area contributed by atoms with Gasteiger partial charge in [0.2, 0.25) is 0 Å². The van der Waals surface area contributed by atoms with E-state index in [9.17, 15) is 14.4 Å². The Labute approximate surface area is 204 Å². The number of nitrogens with zero attached hydrogens (tertiary/aromatic N) is 1. The molecule has 0 radical (unpaired) electrons. The van der Waals surface area contributed by atoms with E-state index in [1.807, 2.05) is 0 Å². The van der Waals surface area contributed by atoms with Gasteiger partial charge in [0.05, 0.1) is 28.4 Å². The van der Waals surface area contributed by atoms with Gasteiger partial charge in [-0.05, 0) is 60.2 Å². The Morgan fingerprint density at radius 2 is 1.61 bits per heavy atom. The van der Waals surface area contributed by atoms with Crippen LogP contribution in [0.25, 0.3) is 0 Å². The van der Waals surface area contributed by atoms with Gasteiger partial charge in [0.15, 0.2) is 0 Å². The average Bonchev–Trinajstić information content (AvgIpc) is 2.80. The lowest BCUT2D eigenvalue weighted by Crippen LogP contribution is -2.34. The van der Waals surface area contributed by atoms with Crippen LogP contribution in [0.4, 0.5) is 0 Å². The van der Waals surface area contributed by atoms with Gasteiger partial charge in [-0.25, -0.2) is 10.2 Å². The summed E-state index contributed by atoms with van der Waals surface area (Å²) in [6.07, 6.45) is 1.37. The van der Waals surface area contributed by atoms with Crippen LogP contribution in [0.2, 0.25) is 15.1 Å². The normalized spacial score (nSPS) is 10.6. The fraction of sp³-hybridized carbons (Fsp3) is 0.0435. The second-order valence-corrected chi connectivity index (χ2v) is 7.82. The molecule has 0 saturated heterocycles. The minimum atomic E-state index is -0.537. The number of esters is 1. The molecule has 33 heavy (non-hydrogen) atoms. The maximum atomic E-state index is 12.2. The molecule has 0 aliphatic rings. The number of rotatable bonds is 7. The summed E-state index contributed by atoms with van der Waals surface area (Å²) in [6.45, 7) is -0.296. The van der Waals surface area contributed by atoms with Crippen molar-refractivity contribution in [3.63, 3.8) is 0 Å². The molecule has 3 rings (SSSR count). The number of amides is 2. The van der Waals surface area contributed by atoms with Gasteiger partial charge in [-0.1, -0.05) is 46.9 Å². The molecule has 0 heterocycles. The van der Waals surface area contributed by atoms with Crippen molar-refractivity contribution in [3.8, 4) is 5.75 Å². The van der Waals surface area contributed by atoms with Crippen LogP contribution in [0.1, 0.15) is 26.3 Å². The van der Waals surface area contributed by atoms with Gasteiger partial charge >= 0.3 is 5.97 Å². The Morgan fingerprint density at radius 3 is 2.33 bits per heavy atom. The van der Waals surface area contributed by atoms with Gasteiger partial charge < -0.3 is 10.1 Å². The zero-order valence-electron chi connectivity index (χ0n) is 16.8. The highest BCUT2D eigenvalue weighted by atomic mass is 35.5. The Bertz CT molecular complexity index is 1210. The third-order valence-corrected chi connectivity index (χ3v) is 5.13. The van der Waals surface area contributed by atoms with Crippen LogP contribution >= 0.6 is 34.8 Å². The SMILES string of the molecule is O=C(CNC(=O)c1ccc(Cl)c(Cl)c1)N/N=C\c1cccc(OC(=O)c2ccc(Cl)cc2)c1. The molecule has 2 amide bonds. The van der Waals surface area contributed by atoms with Crippen LogP contribution in [0.15, 0.2) is 71.8 Å². The molecule has 2 N–H and O–H groups in total. The highest BCUT2D eigenvalue weighted by Crippen LogP contribution is 2.22. The van der Waals surface area contributed by atoms with Gasteiger partial charge in [0.1, 0.15) is 5.75 Å². The molecular weight excluding hydrogens is 489 g/mol. The molecular formula is C23H16Cl3N3O4. The van der Waals surface area contributed by atoms with Gasteiger partial charge in [0.25, 0.3) is 11.8 Å². The number of hydrogen-bond donors (Lipinski definition) is 2. The first-order chi connectivity index (χ1) is 15.8. The molecule has 168 valence electrons. The van der Waals surface area contributed by atoms with E-state index in [2.05, 4.69) is 15.8 Å². The van der Waals surface area contributed by atoms with E-state index < -0.39 is 17.8 Å². The molecule has 0 aliphatic carbocycles. The van der Waals surface area contributed by atoms with Gasteiger partial charge in [-0.2, -0.15) is 5.10 Å². The van der Waals surface area contributed by atoms with Crippen LogP contribution in [0, 0.1) is 0 Å². The van der Waals surface area contributed by atoms with Gasteiger partial charge in [-0.3, -0.25) is 9.59 Å². The van der Waals surface area contributed by atoms with Crippen molar-refractivity contribution in [2.75, 3.05) is 6.54 Å². The predicted octanol–water partition coefficient (Wildman–Crippen LogP) is 4.75. The van der Waals surface area contributed by atoms with Crippen molar-refractivity contribution < 1.29 is 19.1 Å². The lowest BCUT2D eigenvalue weighted by molar-refractivity contribution is -0.120. The number of hydrazone groups is 1. The molecule has 10 heteroatoms. The molecule has 0 bridgehead atoms. The van der Waals surface area contributed by atoms with Crippen LogP contribution in [0.3, 0.4) is 0 Å². The summed E-state index contributed by atoms with van der Waals surface area (Å²) in [5.74, 6) is -1.25. The second kappa shape index (κ2) is 11.5. The number of halogens is 3. The van der Waals surface area contributed by atoms with E-state index in [1.54, 1.807) is 48.5 Å². The smallest absolute Gasteiger partial charge is 0.343 e. The van der Waals surface area contributed by atoms with E-state index in [0.29, 0.717) is 26.9 Å². The zero-order valence-corrected chi connectivity index (χ0v) is 19.1. The van der Waals surface area contributed by atoms with Crippen molar-refractivity contribution >= 4 is 58.8 Å². The van der Waals surface area contributed by atoms with E-state index in [0.717, 1.165) is 0 Å². The van der Waals surface area contributed by atoms with Crippen molar-refractivity contribution in [2.24, 2.45) is 5.10 Å². The van der Waals surface area contributed by atoms with Crippen LogP contribution in [-0.4, -0.2) is 30.5 Å². The average molecular weight is 505 g/mol. The van der Waals surface area contributed by atoms with Crippen LogP contribution in [0.5, 0.6) is 5.75 Å². The number of nitrogens with one attached hydrogen (secondary N) is 2. The third kappa shape index (κ3) is 7.32. The van der Waals surface area contributed by atoms with Crippen molar-refractivity contribution in [1.29, 1.82) is 0 Å². The van der Waals surface area contributed by atoms with Gasteiger partial charge in [0, 0.05) is 10.6 Å². The summed E-state index contributed by atoms with van der Waals surface area (Å²) in [7, 11) is 0. The topological polar surface area (TPSA) is 96.9 Å². The fourth-order valence-electron chi connectivity index (χ4n) is 2.53. The van der Waals surface area contributed by atoms with Crippen molar-refractivity contribution in [1.82, 2.24) is 10.7 Å². The largest absolute Gasteiger partial charge is 0.423 e. The number of benzene rings is 3. The molecule has 3 aromatic carbocycles. The molecule has 0 aliphatic heterocycles. The highest BCUT2D eigenvalue weighted by molar-refractivity contribution is 6.42. The molecule has 7 nitrogen and oxygen atoms in total.